The van der Waals surface area contributed by atoms with Crippen molar-refractivity contribution in [2.75, 3.05) is 13.2 Å². The van der Waals surface area contributed by atoms with Crippen molar-refractivity contribution < 1.29 is 19.1 Å². The smallest absolute Gasteiger partial charge is 0.338 e. The molecule has 0 aliphatic heterocycles. The molecule has 0 heterocycles. The fourth-order valence-electron chi connectivity index (χ4n) is 3.29. The molecule has 4 rings (SSSR count). The number of benzene rings is 4. The maximum Gasteiger partial charge on any atom is 0.338 e. The Morgan fingerprint density at radius 3 is 1.09 bits per heavy atom. The Kier molecular flexibility index (Phi) is 6.73. The second-order valence-electron chi connectivity index (χ2n) is 7.16. The summed E-state index contributed by atoms with van der Waals surface area (Å²) in [4.78, 5) is 24.4. The van der Waals surface area contributed by atoms with Gasteiger partial charge in [0, 0.05) is 0 Å². The van der Waals surface area contributed by atoms with E-state index in [0.29, 0.717) is 11.1 Å². The van der Waals surface area contributed by atoms with Gasteiger partial charge in [-0.1, -0.05) is 84.9 Å². The van der Waals surface area contributed by atoms with E-state index < -0.39 is 11.9 Å². The normalized spacial score (nSPS) is 10.4. The minimum absolute atomic E-state index is 0.00684. The summed E-state index contributed by atoms with van der Waals surface area (Å²) in [7, 11) is 0. The van der Waals surface area contributed by atoms with Gasteiger partial charge >= 0.3 is 11.9 Å². The van der Waals surface area contributed by atoms with Crippen LogP contribution in [0.15, 0.2) is 109 Å². The van der Waals surface area contributed by atoms with Crippen molar-refractivity contribution in [2.24, 2.45) is 0 Å². The molecule has 0 bridgehead atoms. The van der Waals surface area contributed by atoms with Crippen LogP contribution in [0.3, 0.4) is 0 Å². The highest BCUT2D eigenvalue weighted by Gasteiger charge is 2.10. The zero-order valence-electron chi connectivity index (χ0n) is 17.4. The van der Waals surface area contributed by atoms with Gasteiger partial charge in [0.15, 0.2) is 0 Å². The number of ether oxygens (including phenoxy) is 2. The lowest BCUT2D eigenvalue weighted by Gasteiger charge is -2.08. The number of esters is 2. The van der Waals surface area contributed by atoms with Gasteiger partial charge in [-0.25, -0.2) is 9.59 Å². The summed E-state index contributed by atoms with van der Waals surface area (Å²) in [6, 6.07) is 34.3. The third-order valence-corrected chi connectivity index (χ3v) is 5.01. The lowest BCUT2D eigenvalue weighted by molar-refractivity contribution is 0.0265. The molecule has 0 aliphatic rings. The van der Waals surface area contributed by atoms with Crippen molar-refractivity contribution in [2.45, 2.75) is 0 Å². The van der Waals surface area contributed by atoms with Crippen LogP contribution < -0.4 is 0 Å². The Balaban J connectivity index is 1.24. The first kappa shape index (κ1) is 21.1. The van der Waals surface area contributed by atoms with Crippen molar-refractivity contribution in [1.29, 1.82) is 0 Å². The molecule has 0 amide bonds. The van der Waals surface area contributed by atoms with Crippen molar-refractivity contribution in [3.63, 3.8) is 0 Å². The first-order valence-corrected chi connectivity index (χ1v) is 10.4. The molecule has 0 fully saturated rings. The highest BCUT2D eigenvalue weighted by molar-refractivity contribution is 5.91. The van der Waals surface area contributed by atoms with Crippen LogP contribution in [0.5, 0.6) is 0 Å². The molecule has 0 unspecified atom stereocenters. The molecular formula is C28H22O4. The predicted molar refractivity (Wildman–Crippen MR) is 124 cm³/mol. The molecule has 158 valence electrons. The fourth-order valence-corrected chi connectivity index (χ4v) is 3.29. The summed E-state index contributed by atoms with van der Waals surface area (Å²) >= 11 is 0. The second-order valence-corrected chi connectivity index (χ2v) is 7.16. The van der Waals surface area contributed by atoms with Crippen molar-refractivity contribution in [3.05, 3.63) is 120 Å². The van der Waals surface area contributed by atoms with Crippen molar-refractivity contribution in [3.8, 4) is 22.3 Å². The van der Waals surface area contributed by atoms with E-state index in [2.05, 4.69) is 0 Å². The van der Waals surface area contributed by atoms with E-state index in [9.17, 15) is 9.59 Å². The molecule has 4 nitrogen and oxygen atoms in total. The minimum Gasteiger partial charge on any atom is -0.458 e. The van der Waals surface area contributed by atoms with Gasteiger partial charge in [-0.05, 0) is 46.5 Å². The van der Waals surface area contributed by atoms with Crippen LogP contribution in [0.4, 0.5) is 0 Å². The Labute approximate surface area is 187 Å². The summed E-state index contributed by atoms with van der Waals surface area (Å²) in [5.74, 6) is -0.902. The summed E-state index contributed by atoms with van der Waals surface area (Å²) < 4.78 is 10.4. The van der Waals surface area contributed by atoms with Gasteiger partial charge in [-0.3, -0.25) is 0 Å². The number of carbonyl (C=O) groups is 2. The lowest BCUT2D eigenvalue weighted by atomic mass is 10.0. The average molecular weight is 422 g/mol. The zero-order valence-corrected chi connectivity index (χ0v) is 17.4. The molecule has 4 aromatic carbocycles. The number of carbonyl (C=O) groups excluding carboxylic acids is 2. The molecular weight excluding hydrogens is 400 g/mol. The molecule has 0 saturated carbocycles. The van der Waals surface area contributed by atoms with Gasteiger partial charge in [-0.2, -0.15) is 0 Å². The van der Waals surface area contributed by atoms with E-state index in [0.717, 1.165) is 22.3 Å². The monoisotopic (exact) mass is 422 g/mol. The highest BCUT2D eigenvalue weighted by Crippen LogP contribution is 2.20. The first-order chi connectivity index (χ1) is 15.7. The molecule has 0 N–H and O–H groups in total. The van der Waals surface area contributed by atoms with Crippen LogP contribution in [-0.4, -0.2) is 25.2 Å². The molecule has 0 spiro atoms. The zero-order chi connectivity index (χ0) is 22.2. The van der Waals surface area contributed by atoms with Crippen LogP contribution in [0.2, 0.25) is 0 Å². The molecule has 0 radical (unpaired) electrons. The van der Waals surface area contributed by atoms with E-state index in [1.165, 1.54) is 0 Å². The van der Waals surface area contributed by atoms with E-state index in [-0.39, 0.29) is 13.2 Å². The second kappa shape index (κ2) is 10.2. The minimum atomic E-state index is -0.451. The van der Waals surface area contributed by atoms with E-state index in [4.69, 9.17) is 9.47 Å². The first-order valence-electron chi connectivity index (χ1n) is 10.4. The SMILES string of the molecule is O=C(OCCOC(=O)c1ccc(-c2ccccc2)cc1)c1ccc(-c2ccccc2)cc1. The number of hydrogen-bond donors (Lipinski definition) is 0. The van der Waals surface area contributed by atoms with Gasteiger partial charge in [0.25, 0.3) is 0 Å². The number of hydrogen-bond acceptors (Lipinski definition) is 4. The van der Waals surface area contributed by atoms with Crippen LogP contribution in [0, 0.1) is 0 Å². The average Bonchev–Trinajstić information content (AvgIpc) is 2.87. The standard InChI is InChI=1S/C28H22O4/c29-27(25-15-11-23(12-16-25)21-7-3-1-4-8-21)31-19-20-32-28(30)26-17-13-24(14-18-26)22-9-5-2-6-10-22/h1-18H,19-20H2. The Hall–Kier alpha value is -4.18. The van der Waals surface area contributed by atoms with Gasteiger partial charge in [-0.15, -0.1) is 0 Å². The van der Waals surface area contributed by atoms with Gasteiger partial charge in [0.2, 0.25) is 0 Å². The van der Waals surface area contributed by atoms with Crippen molar-refractivity contribution in [1.82, 2.24) is 0 Å². The maximum atomic E-state index is 12.2. The third kappa shape index (κ3) is 5.29. The highest BCUT2D eigenvalue weighted by atomic mass is 16.6. The fraction of sp³-hybridized carbons (Fsp3) is 0.0714. The summed E-state index contributed by atoms with van der Waals surface area (Å²) in [5.41, 5.74) is 5.11. The third-order valence-electron chi connectivity index (χ3n) is 5.01. The molecule has 0 atom stereocenters. The van der Waals surface area contributed by atoms with E-state index in [1.54, 1.807) is 24.3 Å². The summed E-state index contributed by atoms with van der Waals surface area (Å²) in [6.07, 6.45) is 0. The van der Waals surface area contributed by atoms with Crippen LogP contribution >= 0.6 is 0 Å². The number of rotatable bonds is 7. The Morgan fingerprint density at radius 2 is 0.750 bits per heavy atom. The van der Waals surface area contributed by atoms with Gasteiger partial charge in [0.05, 0.1) is 11.1 Å². The largest absolute Gasteiger partial charge is 0.458 e. The molecule has 4 heteroatoms. The quantitative estimate of drug-likeness (QED) is 0.269. The van der Waals surface area contributed by atoms with Crippen molar-refractivity contribution >= 4 is 11.9 Å². The molecule has 4 aromatic rings. The van der Waals surface area contributed by atoms with E-state index >= 15 is 0 Å². The van der Waals surface area contributed by atoms with Crippen LogP contribution in [0.1, 0.15) is 20.7 Å². The molecule has 0 aliphatic carbocycles. The lowest BCUT2D eigenvalue weighted by Crippen LogP contribution is -2.14. The predicted octanol–water partition coefficient (Wildman–Crippen LogP) is 6.03. The molecule has 32 heavy (non-hydrogen) atoms. The topological polar surface area (TPSA) is 52.6 Å². The summed E-state index contributed by atoms with van der Waals surface area (Å²) in [6.45, 7) is -0.0137. The van der Waals surface area contributed by atoms with Gasteiger partial charge < -0.3 is 9.47 Å². The van der Waals surface area contributed by atoms with Crippen LogP contribution in [0.25, 0.3) is 22.3 Å². The molecule has 0 aromatic heterocycles. The molecule has 0 saturated heterocycles. The van der Waals surface area contributed by atoms with Crippen LogP contribution in [-0.2, 0) is 9.47 Å². The Morgan fingerprint density at radius 1 is 0.438 bits per heavy atom. The Bertz CT molecular complexity index is 1070. The maximum absolute atomic E-state index is 12.2. The van der Waals surface area contributed by atoms with Gasteiger partial charge in [0.1, 0.15) is 13.2 Å². The van der Waals surface area contributed by atoms with E-state index in [1.807, 2.05) is 84.9 Å². The summed E-state index contributed by atoms with van der Waals surface area (Å²) in [5, 5.41) is 0.